The summed E-state index contributed by atoms with van der Waals surface area (Å²) in [6.45, 7) is 0.849. The standard InChI is InChI=1S/C24H24FN5O4.C2H2/c1-33-19-8-11-28-22(20(19)24(32)34-2)29-16-5-3-12-30(14-16)23(31)18-13-15(25)6-7-17(18)21-26-9-4-10-27-21;1-2/h4,6-11,13,16H,3,5,12,14H2,1-2H3,(H,28,29);1-2H/t16-;/m1./s1. The van der Waals surface area contributed by atoms with Crippen molar-refractivity contribution in [3.8, 4) is 30.0 Å². The van der Waals surface area contributed by atoms with Crippen molar-refractivity contribution in [2.75, 3.05) is 32.6 Å². The van der Waals surface area contributed by atoms with Gasteiger partial charge in [0, 0.05) is 43.3 Å². The number of piperidine rings is 1. The van der Waals surface area contributed by atoms with Crippen LogP contribution >= 0.6 is 0 Å². The molecular weight excluding hydrogens is 465 g/mol. The van der Waals surface area contributed by atoms with E-state index in [1.54, 1.807) is 29.4 Å². The van der Waals surface area contributed by atoms with E-state index in [4.69, 9.17) is 9.47 Å². The number of amides is 1. The van der Waals surface area contributed by atoms with E-state index < -0.39 is 11.8 Å². The van der Waals surface area contributed by atoms with Gasteiger partial charge in [-0.15, -0.1) is 12.8 Å². The molecule has 0 spiro atoms. The molecule has 0 aliphatic carbocycles. The van der Waals surface area contributed by atoms with Crippen molar-refractivity contribution in [1.29, 1.82) is 0 Å². The first-order valence-corrected chi connectivity index (χ1v) is 11.1. The van der Waals surface area contributed by atoms with Crippen LogP contribution in [-0.4, -0.2) is 65.1 Å². The normalized spacial score (nSPS) is 14.7. The summed E-state index contributed by atoms with van der Waals surface area (Å²) in [5.74, 6) is -0.419. The summed E-state index contributed by atoms with van der Waals surface area (Å²) in [5, 5.41) is 3.25. The summed E-state index contributed by atoms with van der Waals surface area (Å²) in [4.78, 5) is 40.1. The molecule has 1 aromatic carbocycles. The van der Waals surface area contributed by atoms with Crippen LogP contribution < -0.4 is 10.1 Å². The maximum Gasteiger partial charge on any atom is 0.345 e. The summed E-state index contributed by atoms with van der Waals surface area (Å²) >= 11 is 0. The van der Waals surface area contributed by atoms with E-state index in [2.05, 4.69) is 33.1 Å². The van der Waals surface area contributed by atoms with Crippen molar-refractivity contribution >= 4 is 17.7 Å². The second-order valence-electron chi connectivity index (χ2n) is 7.73. The molecule has 10 heteroatoms. The van der Waals surface area contributed by atoms with Crippen molar-refractivity contribution in [1.82, 2.24) is 19.9 Å². The summed E-state index contributed by atoms with van der Waals surface area (Å²) in [6.07, 6.45) is 14.1. The number of terminal acetylenes is 1. The van der Waals surface area contributed by atoms with Crippen LogP contribution in [0, 0.1) is 18.7 Å². The van der Waals surface area contributed by atoms with Gasteiger partial charge in [-0.3, -0.25) is 4.79 Å². The van der Waals surface area contributed by atoms with Gasteiger partial charge < -0.3 is 19.7 Å². The Labute approximate surface area is 208 Å². The van der Waals surface area contributed by atoms with Crippen molar-refractivity contribution in [2.24, 2.45) is 0 Å². The maximum absolute atomic E-state index is 14.1. The van der Waals surface area contributed by atoms with E-state index in [0.717, 1.165) is 6.42 Å². The second-order valence-corrected chi connectivity index (χ2v) is 7.73. The number of esters is 1. The zero-order valence-corrected chi connectivity index (χ0v) is 20.0. The first-order valence-electron chi connectivity index (χ1n) is 11.1. The molecule has 186 valence electrons. The Balaban J connectivity index is 0.00000176. The van der Waals surface area contributed by atoms with E-state index in [1.807, 2.05) is 0 Å². The number of ether oxygens (including phenoxy) is 2. The quantitative estimate of drug-likeness (QED) is 0.413. The zero-order chi connectivity index (χ0) is 26.1. The number of methoxy groups -OCH3 is 2. The van der Waals surface area contributed by atoms with Gasteiger partial charge in [0.05, 0.1) is 19.8 Å². The Morgan fingerprint density at radius 1 is 1.11 bits per heavy atom. The van der Waals surface area contributed by atoms with Crippen LogP contribution in [0.4, 0.5) is 10.2 Å². The number of nitrogens with one attached hydrogen (secondary N) is 1. The molecule has 1 amide bonds. The number of hydrogen-bond acceptors (Lipinski definition) is 8. The Kier molecular flexibility index (Phi) is 8.89. The Bertz CT molecular complexity index is 1240. The largest absolute Gasteiger partial charge is 0.496 e. The fraction of sp³-hybridized carbons (Fsp3) is 0.269. The SMILES string of the molecule is C#C.COC(=O)c1c(OC)ccnc1N[C@@H]1CCCN(C(=O)c2cc(F)ccc2-c2ncccn2)C1. The van der Waals surface area contributed by atoms with E-state index >= 15 is 0 Å². The van der Waals surface area contributed by atoms with Crippen LogP contribution in [0.2, 0.25) is 0 Å². The molecule has 2 aromatic heterocycles. The topological polar surface area (TPSA) is 107 Å². The predicted octanol–water partition coefficient (Wildman–Crippen LogP) is 3.44. The van der Waals surface area contributed by atoms with E-state index in [1.165, 1.54) is 38.6 Å². The molecule has 1 aliphatic rings. The van der Waals surface area contributed by atoms with Gasteiger partial charge in [-0.05, 0) is 43.2 Å². The molecule has 1 N–H and O–H groups in total. The van der Waals surface area contributed by atoms with Crippen LogP contribution in [0.15, 0.2) is 48.9 Å². The second kappa shape index (κ2) is 12.3. The van der Waals surface area contributed by atoms with Gasteiger partial charge in [0.15, 0.2) is 5.82 Å². The fourth-order valence-corrected chi connectivity index (χ4v) is 3.99. The van der Waals surface area contributed by atoms with Crippen molar-refractivity contribution in [3.05, 3.63) is 65.9 Å². The Hall–Kier alpha value is -4.52. The van der Waals surface area contributed by atoms with Crippen LogP contribution in [0.25, 0.3) is 11.4 Å². The molecule has 3 heterocycles. The van der Waals surface area contributed by atoms with Crippen LogP contribution in [0.5, 0.6) is 5.75 Å². The molecule has 4 rings (SSSR count). The molecular formula is C26H26FN5O4. The molecule has 9 nitrogen and oxygen atoms in total. The lowest BCUT2D eigenvalue weighted by Crippen LogP contribution is -2.45. The molecule has 1 atom stereocenters. The summed E-state index contributed by atoms with van der Waals surface area (Å²) in [6, 6.07) is 7.07. The van der Waals surface area contributed by atoms with Gasteiger partial charge in [0.1, 0.15) is 22.9 Å². The number of nitrogens with zero attached hydrogens (tertiary/aromatic N) is 4. The highest BCUT2D eigenvalue weighted by atomic mass is 19.1. The number of carbonyl (C=O) groups excluding carboxylic acids is 2. The Morgan fingerprint density at radius 3 is 2.56 bits per heavy atom. The fourth-order valence-electron chi connectivity index (χ4n) is 3.99. The van der Waals surface area contributed by atoms with E-state index in [0.29, 0.717) is 42.5 Å². The number of likely N-dealkylation sites (tertiary alicyclic amines) is 1. The lowest BCUT2D eigenvalue weighted by Gasteiger charge is -2.34. The number of aromatic nitrogens is 3. The molecule has 0 radical (unpaired) electrons. The molecule has 1 fully saturated rings. The van der Waals surface area contributed by atoms with E-state index in [9.17, 15) is 14.0 Å². The number of benzene rings is 1. The molecule has 0 saturated carbocycles. The van der Waals surface area contributed by atoms with Gasteiger partial charge >= 0.3 is 5.97 Å². The monoisotopic (exact) mass is 491 g/mol. The zero-order valence-electron chi connectivity index (χ0n) is 20.0. The average molecular weight is 492 g/mol. The predicted molar refractivity (Wildman–Crippen MR) is 132 cm³/mol. The highest BCUT2D eigenvalue weighted by Gasteiger charge is 2.29. The molecule has 0 unspecified atom stereocenters. The average Bonchev–Trinajstić information content (AvgIpc) is 2.93. The molecule has 0 bridgehead atoms. The van der Waals surface area contributed by atoms with Gasteiger partial charge in [-0.1, -0.05) is 0 Å². The number of hydrogen-bond donors (Lipinski definition) is 1. The minimum absolute atomic E-state index is 0.185. The minimum atomic E-state index is -0.580. The van der Waals surface area contributed by atoms with Crippen LogP contribution in [-0.2, 0) is 4.74 Å². The smallest absolute Gasteiger partial charge is 0.345 e. The summed E-state index contributed by atoms with van der Waals surface area (Å²) in [5.41, 5.74) is 0.843. The first kappa shape index (κ1) is 26.1. The third-order valence-electron chi connectivity index (χ3n) is 5.59. The molecule has 36 heavy (non-hydrogen) atoms. The number of halogens is 1. The molecule has 3 aromatic rings. The lowest BCUT2D eigenvalue weighted by atomic mass is 10.0. The molecule has 1 saturated heterocycles. The van der Waals surface area contributed by atoms with Gasteiger partial charge in [-0.25, -0.2) is 24.1 Å². The number of anilines is 1. The lowest BCUT2D eigenvalue weighted by molar-refractivity contribution is 0.0596. The highest BCUT2D eigenvalue weighted by Crippen LogP contribution is 2.28. The maximum atomic E-state index is 14.1. The third-order valence-corrected chi connectivity index (χ3v) is 5.59. The number of carbonyl (C=O) groups is 2. The van der Waals surface area contributed by atoms with E-state index in [-0.39, 0.29) is 23.1 Å². The van der Waals surface area contributed by atoms with Crippen molar-refractivity contribution in [2.45, 2.75) is 18.9 Å². The van der Waals surface area contributed by atoms with Gasteiger partial charge in [0.25, 0.3) is 5.91 Å². The number of rotatable bonds is 6. The van der Waals surface area contributed by atoms with Gasteiger partial charge in [0.2, 0.25) is 0 Å². The van der Waals surface area contributed by atoms with Crippen molar-refractivity contribution < 1.29 is 23.5 Å². The Morgan fingerprint density at radius 2 is 1.86 bits per heavy atom. The summed E-state index contributed by atoms with van der Waals surface area (Å²) in [7, 11) is 2.74. The van der Waals surface area contributed by atoms with Crippen molar-refractivity contribution in [3.63, 3.8) is 0 Å². The van der Waals surface area contributed by atoms with Crippen LogP contribution in [0.3, 0.4) is 0 Å². The van der Waals surface area contributed by atoms with Gasteiger partial charge in [-0.2, -0.15) is 0 Å². The molecule has 1 aliphatic heterocycles. The minimum Gasteiger partial charge on any atom is -0.496 e. The highest BCUT2D eigenvalue weighted by molar-refractivity contribution is 6.00. The summed E-state index contributed by atoms with van der Waals surface area (Å²) < 4.78 is 24.3. The van der Waals surface area contributed by atoms with Crippen LogP contribution in [0.1, 0.15) is 33.6 Å². The number of pyridine rings is 1. The third kappa shape index (κ3) is 5.75. The first-order chi connectivity index (χ1) is 17.5.